The molecule has 1 aromatic carbocycles. The second-order valence-electron chi connectivity index (χ2n) is 3.89. The number of hydrogen-bond donors (Lipinski definition) is 1. The topological polar surface area (TPSA) is 38.7 Å². The lowest BCUT2D eigenvalue weighted by Crippen LogP contribution is -2.18. The predicted octanol–water partition coefficient (Wildman–Crippen LogP) is 2.62. The molecule has 0 amide bonds. The minimum Gasteiger partial charge on any atom is -0.490 e. The molecule has 0 heterocycles. The average Bonchev–Trinajstić information content (AvgIpc) is 2.20. The van der Waals surface area contributed by atoms with Gasteiger partial charge in [-0.1, -0.05) is 12.1 Å². The minimum atomic E-state index is -0.353. The molecular weight excluding hydrogens is 204 g/mol. The summed E-state index contributed by atoms with van der Waals surface area (Å²) in [6.07, 6.45) is 0.233. The number of aliphatic hydroxyl groups is 1. The number of rotatable bonds is 6. The summed E-state index contributed by atoms with van der Waals surface area (Å²) in [6.45, 7) is 6.25. The summed E-state index contributed by atoms with van der Waals surface area (Å²) >= 11 is 0. The van der Waals surface area contributed by atoms with Crippen molar-refractivity contribution in [1.82, 2.24) is 0 Å². The van der Waals surface area contributed by atoms with E-state index in [1.165, 1.54) is 0 Å². The van der Waals surface area contributed by atoms with Crippen molar-refractivity contribution in [3.63, 3.8) is 0 Å². The van der Waals surface area contributed by atoms with Crippen LogP contribution >= 0.6 is 0 Å². The van der Waals surface area contributed by atoms with E-state index in [9.17, 15) is 5.11 Å². The summed E-state index contributed by atoms with van der Waals surface area (Å²) in [6, 6.07) is 7.58. The molecule has 3 heteroatoms. The van der Waals surface area contributed by atoms with E-state index in [0.29, 0.717) is 13.0 Å². The fourth-order valence-corrected chi connectivity index (χ4v) is 1.57. The number of benzene rings is 1. The maximum atomic E-state index is 9.26. The highest BCUT2D eigenvalue weighted by Gasteiger charge is 2.10. The normalized spacial score (nSPS) is 14.2. The van der Waals surface area contributed by atoms with Crippen LogP contribution in [0.5, 0.6) is 11.5 Å². The van der Waals surface area contributed by atoms with Crippen molar-refractivity contribution in [1.29, 1.82) is 0 Å². The lowest BCUT2D eigenvalue weighted by Gasteiger charge is -2.18. The summed E-state index contributed by atoms with van der Waals surface area (Å²) in [5.41, 5.74) is 0. The highest BCUT2D eigenvalue weighted by atomic mass is 16.5. The molecule has 0 saturated carbocycles. The van der Waals surface area contributed by atoms with E-state index in [1.54, 1.807) is 6.92 Å². The van der Waals surface area contributed by atoms with Gasteiger partial charge in [0.25, 0.3) is 0 Å². The largest absolute Gasteiger partial charge is 0.490 e. The fourth-order valence-electron chi connectivity index (χ4n) is 1.57. The molecule has 0 aliphatic carbocycles. The van der Waals surface area contributed by atoms with Crippen molar-refractivity contribution in [2.24, 2.45) is 0 Å². The smallest absolute Gasteiger partial charge is 0.161 e. The predicted molar refractivity (Wildman–Crippen MR) is 64.0 cm³/mol. The second-order valence-corrected chi connectivity index (χ2v) is 3.89. The van der Waals surface area contributed by atoms with Gasteiger partial charge < -0.3 is 14.6 Å². The summed E-state index contributed by atoms with van der Waals surface area (Å²) < 4.78 is 11.2. The highest BCUT2D eigenvalue weighted by molar-refractivity contribution is 5.39. The van der Waals surface area contributed by atoms with Crippen molar-refractivity contribution in [3.05, 3.63) is 24.3 Å². The van der Waals surface area contributed by atoms with Crippen molar-refractivity contribution >= 4 is 0 Å². The van der Waals surface area contributed by atoms with Crippen LogP contribution in [0, 0.1) is 0 Å². The van der Waals surface area contributed by atoms with E-state index >= 15 is 0 Å². The molecule has 0 radical (unpaired) electrons. The standard InChI is InChI=1S/C13H20O3/c1-4-15-12-7-5-6-8-13(12)16-11(3)9-10(2)14/h5-8,10-11,14H,4,9H2,1-3H3. The first-order chi connectivity index (χ1) is 7.63. The molecule has 1 N–H and O–H groups in total. The molecule has 0 aliphatic rings. The molecule has 16 heavy (non-hydrogen) atoms. The van der Waals surface area contributed by atoms with Crippen molar-refractivity contribution in [2.45, 2.75) is 39.4 Å². The van der Waals surface area contributed by atoms with E-state index in [0.717, 1.165) is 11.5 Å². The molecule has 3 nitrogen and oxygen atoms in total. The lowest BCUT2D eigenvalue weighted by atomic mass is 10.2. The second kappa shape index (κ2) is 6.38. The van der Waals surface area contributed by atoms with Gasteiger partial charge in [-0.2, -0.15) is 0 Å². The Hall–Kier alpha value is -1.22. The zero-order chi connectivity index (χ0) is 12.0. The maximum Gasteiger partial charge on any atom is 0.161 e. The first-order valence-electron chi connectivity index (χ1n) is 5.70. The summed E-state index contributed by atoms with van der Waals surface area (Å²) in [5, 5.41) is 9.26. The third-order valence-corrected chi connectivity index (χ3v) is 2.15. The first-order valence-corrected chi connectivity index (χ1v) is 5.70. The van der Waals surface area contributed by atoms with Crippen LogP contribution in [0.3, 0.4) is 0 Å². The van der Waals surface area contributed by atoms with E-state index in [-0.39, 0.29) is 12.2 Å². The number of aliphatic hydroxyl groups excluding tert-OH is 1. The van der Waals surface area contributed by atoms with Gasteiger partial charge in [-0.15, -0.1) is 0 Å². The zero-order valence-corrected chi connectivity index (χ0v) is 10.1. The number of hydrogen-bond acceptors (Lipinski definition) is 3. The monoisotopic (exact) mass is 224 g/mol. The third-order valence-electron chi connectivity index (χ3n) is 2.15. The van der Waals surface area contributed by atoms with Crippen molar-refractivity contribution in [3.8, 4) is 11.5 Å². The maximum absolute atomic E-state index is 9.26. The van der Waals surface area contributed by atoms with Gasteiger partial charge in [-0.3, -0.25) is 0 Å². The van der Waals surface area contributed by atoms with Crippen LogP contribution in [-0.2, 0) is 0 Å². The van der Waals surface area contributed by atoms with Gasteiger partial charge in [0.15, 0.2) is 11.5 Å². The molecule has 0 fully saturated rings. The Morgan fingerprint density at radius 3 is 2.38 bits per heavy atom. The molecule has 0 aromatic heterocycles. The quantitative estimate of drug-likeness (QED) is 0.807. The molecule has 0 spiro atoms. The van der Waals surface area contributed by atoms with Gasteiger partial charge in [0.05, 0.1) is 18.8 Å². The Labute approximate surface area is 97.0 Å². The third kappa shape index (κ3) is 4.11. The van der Waals surface area contributed by atoms with Crippen LogP contribution in [0.4, 0.5) is 0 Å². The van der Waals surface area contributed by atoms with Crippen molar-refractivity contribution < 1.29 is 14.6 Å². The number of para-hydroxylation sites is 2. The van der Waals surface area contributed by atoms with Crippen LogP contribution in [0.1, 0.15) is 27.2 Å². The summed E-state index contributed by atoms with van der Waals surface area (Å²) in [5.74, 6) is 1.49. The van der Waals surface area contributed by atoms with Gasteiger partial charge >= 0.3 is 0 Å². The van der Waals surface area contributed by atoms with E-state index in [2.05, 4.69) is 0 Å². The molecular formula is C13H20O3. The van der Waals surface area contributed by atoms with Crippen LogP contribution in [0.25, 0.3) is 0 Å². The molecule has 90 valence electrons. The molecule has 1 rings (SSSR count). The van der Waals surface area contributed by atoms with Crippen LogP contribution in [-0.4, -0.2) is 23.9 Å². The Morgan fingerprint density at radius 2 is 1.81 bits per heavy atom. The average molecular weight is 224 g/mol. The molecule has 0 bridgehead atoms. The van der Waals surface area contributed by atoms with E-state index in [4.69, 9.17) is 9.47 Å². The lowest BCUT2D eigenvalue weighted by molar-refractivity contribution is 0.112. The van der Waals surface area contributed by atoms with Crippen LogP contribution in [0.2, 0.25) is 0 Å². The molecule has 1 aromatic rings. The van der Waals surface area contributed by atoms with Gasteiger partial charge in [0, 0.05) is 6.42 Å². The Kier molecular flexibility index (Phi) is 5.12. The Morgan fingerprint density at radius 1 is 1.19 bits per heavy atom. The Bertz CT molecular complexity index is 310. The molecule has 0 aliphatic heterocycles. The summed E-state index contributed by atoms with van der Waals surface area (Å²) in [4.78, 5) is 0. The van der Waals surface area contributed by atoms with E-state index in [1.807, 2.05) is 38.1 Å². The summed E-state index contributed by atoms with van der Waals surface area (Å²) in [7, 11) is 0. The van der Waals surface area contributed by atoms with Gasteiger partial charge in [0.2, 0.25) is 0 Å². The first kappa shape index (κ1) is 12.8. The van der Waals surface area contributed by atoms with Gasteiger partial charge in [-0.25, -0.2) is 0 Å². The fraction of sp³-hybridized carbons (Fsp3) is 0.538. The zero-order valence-electron chi connectivity index (χ0n) is 10.1. The van der Waals surface area contributed by atoms with E-state index < -0.39 is 0 Å². The molecule has 2 atom stereocenters. The van der Waals surface area contributed by atoms with Crippen molar-refractivity contribution in [2.75, 3.05) is 6.61 Å². The van der Waals surface area contributed by atoms with Gasteiger partial charge in [-0.05, 0) is 32.9 Å². The van der Waals surface area contributed by atoms with Crippen LogP contribution in [0.15, 0.2) is 24.3 Å². The molecule has 2 unspecified atom stereocenters. The van der Waals surface area contributed by atoms with Crippen LogP contribution < -0.4 is 9.47 Å². The van der Waals surface area contributed by atoms with Gasteiger partial charge in [0.1, 0.15) is 0 Å². The number of ether oxygens (including phenoxy) is 2. The minimum absolute atomic E-state index is 0.0263. The Balaban J connectivity index is 2.64. The highest BCUT2D eigenvalue weighted by Crippen LogP contribution is 2.27. The molecule has 0 saturated heterocycles. The SMILES string of the molecule is CCOc1ccccc1OC(C)CC(C)O.